The Labute approximate surface area is 150 Å². The van der Waals surface area contributed by atoms with E-state index in [2.05, 4.69) is 0 Å². The highest BCUT2D eigenvalue weighted by molar-refractivity contribution is 5.75. The highest BCUT2D eigenvalue weighted by Gasteiger charge is 2.31. The normalized spacial score (nSPS) is 18.9. The average molecular weight is 346 g/mol. The average Bonchev–Trinajstić information content (AvgIpc) is 2.59. The van der Waals surface area contributed by atoms with E-state index < -0.39 is 5.97 Å². The van der Waals surface area contributed by atoms with Crippen molar-refractivity contribution in [1.82, 2.24) is 9.80 Å². The number of carboxylic acids is 1. The minimum Gasteiger partial charge on any atom is -0.481 e. The second kappa shape index (κ2) is 8.88. The largest absolute Gasteiger partial charge is 0.481 e. The summed E-state index contributed by atoms with van der Waals surface area (Å²) < 4.78 is 0. The molecule has 1 aliphatic rings. The predicted octanol–water partition coefficient (Wildman–Crippen LogP) is 3.84. The van der Waals surface area contributed by atoms with E-state index in [1.54, 1.807) is 0 Å². The van der Waals surface area contributed by atoms with Crippen LogP contribution in [0.2, 0.25) is 0 Å². The first-order valence-corrected chi connectivity index (χ1v) is 9.19. The highest BCUT2D eigenvalue weighted by atomic mass is 16.4. The van der Waals surface area contributed by atoms with Crippen LogP contribution in [0.1, 0.15) is 45.6 Å². The first-order valence-electron chi connectivity index (χ1n) is 9.19. The number of hydrogen-bond acceptors (Lipinski definition) is 2. The molecule has 0 radical (unpaired) electrons. The van der Waals surface area contributed by atoms with E-state index in [1.165, 1.54) is 0 Å². The third-order valence-electron chi connectivity index (χ3n) is 5.09. The summed E-state index contributed by atoms with van der Waals surface area (Å²) in [5.41, 5.74) is 1.12. The lowest BCUT2D eigenvalue weighted by atomic mass is 9.85. The van der Waals surface area contributed by atoms with Crippen molar-refractivity contribution in [2.45, 2.75) is 52.6 Å². The van der Waals surface area contributed by atoms with Crippen LogP contribution in [0.15, 0.2) is 30.3 Å². The Kier molecular flexibility index (Phi) is 6.85. The van der Waals surface area contributed by atoms with Crippen LogP contribution in [0, 0.1) is 11.8 Å². The van der Waals surface area contributed by atoms with Crippen molar-refractivity contribution in [2.24, 2.45) is 11.8 Å². The molecular weight excluding hydrogens is 316 g/mol. The van der Waals surface area contributed by atoms with Crippen LogP contribution in [0.25, 0.3) is 0 Å². The van der Waals surface area contributed by atoms with Crippen molar-refractivity contribution < 1.29 is 14.7 Å². The molecule has 1 fully saturated rings. The number of amides is 2. The molecule has 0 spiro atoms. The number of hydrogen-bond donors (Lipinski definition) is 1. The van der Waals surface area contributed by atoms with Gasteiger partial charge in [-0.3, -0.25) is 4.79 Å². The molecule has 5 nitrogen and oxygen atoms in total. The van der Waals surface area contributed by atoms with Gasteiger partial charge in [0.15, 0.2) is 0 Å². The smallest absolute Gasteiger partial charge is 0.320 e. The maximum absolute atomic E-state index is 13.1. The van der Waals surface area contributed by atoms with Crippen LogP contribution in [-0.2, 0) is 11.3 Å². The van der Waals surface area contributed by atoms with Crippen LogP contribution in [0.3, 0.4) is 0 Å². The van der Waals surface area contributed by atoms with Crippen LogP contribution in [0.5, 0.6) is 0 Å². The third kappa shape index (κ3) is 5.48. The van der Waals surface area contributed by atoms with Crippen LogP contribution < -0.4 is 0 Å². The number of carbonyl (C=O) groups is 2. The molecular formula is C20H30N2O3. The molecule has 1 aromatic carbocycles. The molecule has 1 heterocycles. The van der Waals surface area contributed by atoms with Gasteiger partial charge in [-0.15, -0.1) is 0 Å². The van der Waals surface area contributed by atoms with Crippen molar-refractivity contribution in [3.8, 4) is 0 Å². The summed E-state index contributed by atoms with van der Waals surface area (Å²) in [7, 11) is 0. The molecule has 0 aromatic heterocycles. The summed E-state index contributed by atoms with van der Waals surface area (Å²) in [5, 5.41) is 9.03. The van der Waals surface area contributed by atoms with E-state index >= 15 is 0 Å². The zero-order valence-corrected chi connectivity index (χ0v) is 15.5. The van der Waals surface area contributed by atoms with E-state index in [0.717, 1.165) is 24.9 Å². The predicted molar refractivity (Wildman–Crippen MR) is 98.2 cm³/mol. The highest BCUT2D eigenvalue weighted by Crippen LogP contribution is 2.27. The summed E-state index contributed by atoms with van der Waals surface area (Å²) >= 11 is 0. The fourth-order valence-corrected chi connectivity index (χ4v) is 3.52. The Morgan fingerprint density at radius 3 is 2.52 bits per heavy atom. The SMILES string of the molecule is CC(CC(=O)O)C1CCCN(C(=O)N(Cc2ccccc2)C(C)C)C1. The molecule has 2 unspecified atom stereocenters. The Bertz CT molecular complexity index is 574. The van der Waals surface area contributed by atoms with E-state index in [4.69, 9.17) is 5.11 Å². The molecule has 0 bridgehead atoms. The summed E-state index contributed by atoms with van der Waals surface area (Å²) in [6.45, 7) is 8.07. The molecule has 1 N–H and O–H groups in total. The molecule has 0 saturated carbocycles. The molecule has 2 atom stereocenters. The molecule has 1 aliphatic heterocycles. The second-order valence-electron chi connectivity index (χ2n) is 7.41. The number of carboxylic acid groups (broad SMARTS) is 1. The fourth-order valence-electron chi connectivity index (χ4n) is 3.52. The maximum Gasteiger partial charge on any atom is 0.320 e. The van der Waals surface area contributed by atoms with Crippen LogP contribution >= 0.6 is 0 Å². The van der Waals surface area contributed by atoms with Crippen LogP contribution in [0.4, 0.5) is 4.79 Å². The van der Waals surface area contributed by atoms with Gasteiger partial charge in [-0.05, 0) is 44.1 Å². The van der Waals surface area contributed by atoms with Gasteiger partial charge < -0.3 is 14.9 Å². The lowest BCUT2D eigenvalue weighted by Gasteiger charge is -2.39. The van der Waals surface area contributed by atoms with Gasteiger partial charge in [0.05, 0.1) is 0 Å². The number of benzene rings is 1. The first kappa shape index (κ1) is 19.3. The van der Waals surface area contributed by atoms with Gasteiger partial charge in [0.1, 0.15) is 0 Å². The summed E-state index contributed by atoms with van der Waals surface area (Å²) in [4.78, 5) is 27.9. The topological polar surface area (TPSA) is 60.9 Å². The van der Waals surface area contributed by atoms with Gasteiger partial charge in [-0.25, -0.2) is 4.79 Å². The van der Waals surface area contributed by atoms with Gasteiger partial charge in [0, 0.05) is 32.1 Å². The number of urea groups is 1. The Balaban J connectivity index is 2.04. The van der Waals surface area contributed by atoms with Gasteiger partial charge in [-0.2, -0.15) is 0 Å². The van der Waals surface area contributed by atoms with Crippen molar-refractivity contribution in [1.29, 1.82) is 0 Å². The third-order valence-corrected chi connectivity index (χ3v) is 5.09. The monoisotopic (exact) mass is 346 g/mol. The zero-order valence-electron chi connectivity index (χ0n) is 15.5. The second-order valence-corrected chi connectivity index (χ2v) is 7.41. The summed E-state index contributed by atoms with van der Waals surface area (Å²) in [5.74, 6) is -0.405. The van der Waals surface area contributed by atoms with E-state index in [1.807, 2.05) is 60.9 Å². The van der Waals surface area contributed by atoms with E-state index in [9.17, 15) is 9.59 Å². The van der Waals surface area contributed by atoms with Gasteiger partial charge >= 0.3 is 12.0 Å². The van der Waals surface area contributed by atoms with Crippen molar-refractivity contribution in [3.63, 3.8) is 0 Å². The van der Waals surface area contributed by atoms with Gasteiger partial charge in [0.2, 0.25) is 0 Å². The molecule has 25 heavy (non-hydrogen) atoms. The zero-order chi connectivity index (χ0) is 18.4. The number of carbonyl (C=O) groups excluding carboxylic acids is 1. The summed E-state index contributed by atoms with van der Waals surface area (Å²) in [6, 6.07) is 10.2. The Hall–Kier alpha value is -2.04. The molecule has 5 heteroatoms. The lowest BCUT2D eigenvalue weighted by Crippen LogP contribution is -2.50. The Morgan fingerprint density at radius 2 is 1.92 bits per heavy atom. The number of likely N-dealkylation sites (tertiary alicyclic amines) is 1. The van der Waals surface area contributed by atoms with Crippen molar-refractivity contribution in [2.75, 3.05) is 13.1 Å². The maximum atomic E-state index is 13.1. The minimum absolute atomic E-state index is 0.0612. The standard InChI is InChI=1S/C20H30N2O3/c1-15(2)22(13-17-8-5-4-6-9-17)20(25)21-11-7-10-18(14-21)16(3)12-19(23)24/h4-6,8-9,15-16,18H,7,10-14H2,1-3H3,(H,23,24). The van der Waals surface area contributed by atoms with E-state index in [0.29, 0.717) is 13.1 Å². The first-order chi connectivity index (χ1) is 11.9. The molecule has 2 amide bonds. The number of rotatable bonds is 6. The molecule has 2 rings (SSSR count). The van der Waals surface area contributed by atoms with Gasteiger partial charge in [0.25, 0.3) is 0 Å². The number of aliphatic carboxylic acids is 1. The molecule has 138 valence electrons. The number of nitrogens with zero attached hydrogens (tertiary/aromatic N) is 2. The van der Waals surface area contributed by atoms with Crippen molar-refractivity contribution in [3.05, 3.63) is 35.9 Å². The molecule has 1 saturated heterocycles. The quantitative estimate of drug-likeness (QED) is 0.851. The lowest BCUT2D eigenvalue weighted by molar-refractivity contribution is -0.138. The fraction of sp³-hybridized carbons (Fsp3) is 0.600. The molecule has 1 aromatic rings. The summed E-state index contributed by atoms with van der Waals surface area (Å²) in [6.07, 6.45) is 2.11. The van der Waals surface area contributed by atoms with Gasteiger partial charge in [-0.1, -0.05) is 37.3 Å². The van der Waals surface area contributed by atoms with Crippen LogP contribution in [-0.4, -0.2) is 46.0 Å². The van der Waals surface area contributed by atoms with Crippen molar-refractivity contribution >= 4 is 12.0 Å². The number of piperidine rings is 1. The molecule has 0 aliphatic carbocycles. The minimum atomic E-state index is -0.760. The Morgan fingerprint density at radius 1 is 1.24 bits per heavy atom. The van der Waals surface area contributed by atoms with E-state index in [-0.39, 0.29) is 30.3 Å².